The van der Waals surface area contributed by atoms with Crippen molar-refractivity contribution in [3.63, 3.8) is 0 Å². The van der Waals surface area contributed by atoms with Crippen LogP contribution < -0.4 is 4.74 Å². The van der Waals surface area contributed by atoms with Crippen LogP contribution in [0.3, 0.4) is 0 Å². The normalized spacial score (nSPS) is 10.1. The molecule has 0 radical (unpaired) electrons. The van der Waals surface area contributed by atoms with E-state index in [1.54, 1.807) is 13.3 Å². The lowest BCUT2D eigenvalue weighted by molar-refractivity contribution is 0.412. The van der Waals surface area contributed by atoms with Gasteiger partial charge in [-0.05, 0) is 33.6 Å². The highest BCUT2D eigenvalue weighted by Crippen LogP contribution is 2.29. The van der Waals surface area contributed by atoms with E-state index in [1.165, 1.54) is 0 Å². The molecule has 0 saturated heterocycles. The molecule has 0 spiro atoms. The van der Waals surface area contributed by atoms with Crippen LogP contribution in [0.4, 0.5) is 0 Å². The Hall–Kier alpha value is -1.29. The van der Waals surface area contributed by atoms with Crippen molar-refractivity contribution >= 4 is 15.9 Å². The molecule has 0 saturated carbocycles. The number of ether oxygens (including phenoxy) is 1. The molecule has 0 atom stereocenters. The second kappa shape index (κ2) is 3.84. The molecule has 0 unspecified atom stereocenters. The third-order valence-corrected chi connectivity index (χ3v) is 2.64. The first kappa shape index (κ1) is 9.27. The SMILES string of the molecule is COc1cc(-c2cn[nH]c2)ccc1Br. The van der Waals surface area contributed by atoms with Gasteiger partial charge in [-0.1, -0.05) is 6.07 Å². The maximum atomic E-state index is 5.21. The maximum absolute atomic E-state index is 5.21. The molecule has 0 aliphatic carbocycles. The Morgan fingerprint density at radius 3 is 2.86 bits per heavy atom. The molecule has 0 fully saturated rings. The molecule has 0 amide bonds. The highest BCUT2D eigenvalue weighted by Gasteiger charge is 2.03. The zero-order valence-electron chi connectivity index (χ0n) is 7.62. The second-order valence-corrected chi connectivity index (χ2v) is 3.69. The molecule has 3 nitrogen and oxygen atoms in total. The Labute approximate surface area is 90.2 Å². The summed E-state index contributed by atoms with van der Waals surface area (Å²) in [6, 6.07) is 5.94. The Balaban J connectivity index is 2.46. The van der Waals surface area contributed by atoms with Crippen LogP contribution >= 0.6 is 15.9 Å². The van der Waals surface area contributed by atoms with Crippen molar-refractivity contribution in [1.29, 1.82) is 0 Å². The average molecular weight is 253 g/mol. The average Bonchev–Trinajstić information content (AvgIpc) is 2.71. The molecule has 1 aromatic heterocycles. The third-order valence-electron chi connectivity index (χ3n) is 1.98. The number of aromatic nitrogens is 2. The summed E-state index contributed by atoms with van der Waals surface area (Å²) in [7, 11) is 1.65. The number of methoxy groups -OCH3 is 1. The molecule has 0 aliphatic heterocycles. The number of rotatable bonds is 2. The van der Waals surface area contributed by atoms with E-state index in [1.807, 2.05) is 24.4 Å². The van der Waals surface area contributed by atoms with Gasteiger partial charge in [0.05, 0.1) is 17.8 Å². The number of aromatic amines is 1. The number of nitrogens with zero attached hydrogens (tertiary/aromatic N) is 1. The van der Waals surface area contributed by atoms with E-state index >= 15 is 0 Å². The van der Waals surface area contributed by atoms with E-state index in [0.717, 1.165) is 21.3 Å². The number of nitrogens with one attached hydrogen (secondary N) is 1. The Morgan fingerprint density at radius 1 is 1.36 bits per heavy atom. The van der Waals surface area contributed by atoms with Gasteiger partial charge in [0.2, 0.25) is 0 Å². The highest BCUT2D eigenvalue weighted by atomic mass is 79.9. The fourth-order valence-corrected chi connectivity index (χ4v) is 1.66. The van der Waals surface area contributed by atoms with Crippen LogP contribution in [0, 0.1) is 0 Å². The van der Waals surface area contributed by atoms with Crippen LogP contribution in [0.2, 0.25) is 0 Å². The van der Waals surface area contributed by atoms with Gasteiger partial charge in [0.1, 0.15) is 5.75 Å². The highest BCUT2D eigenvalue weighted by molar-refractivity contribution is 9.10. The lowest BCUT2D eigenvalue weighted by atomic mass is 10.1. The quantitative estimate of drug-likeness (QED) is 0.893. The summed E-state index contributed by atoms with van der Waals surface area (Å²) in [4.78, 5) is 0. The number of hydrogen-bond acceptors (Lipinski definition) is 2. The molecule has 1 aromatic carbocycles. The predicted octanol–water partition coefficient (Wildman–Crippen LogP) is 2.85. The standard InChI is InChI=1S/C10H9BrN2O/c1-14-10-4-7(2-3-9(10)11)8-5-12-13-6-8/h2-6H,1H3,(H,12,13). The Morgan fingerprint density at radius 2 is 2.21 bits per heavy atom. The minimum absolute atomic E-state index is 0.823. The molecule has 14 heavy (non-hydrogen) atoms. The van der Waals surface area contributed by atoms with Crippen molar-refractivity contribution in [3.05, 3.63) is 35.1 Å². The fraction of sp³-hybridized carbons (Fsp3) is 0.100. The lowest BCUT2D eigenvalue weighted by Crippen LogP contribution is -1.84. The summed E-state index contributed by atoms with van der Waals surface area (Å²) in [5.74, 6) is 0.823. The van der Waals surface area contributed by atoms with Gasteiger partial charge >= 0.3 is 0 Å². The summed E-state index contributed by atoms with van der Waals surface area (Å²) in [5, 5.41) is 6.68. The molecular formula is C10H9BrN2O. The largest absolute Gasteiger partial charge is 0.496 e. The fourth-order valence-electron chi connectivity index (χ4n) is 1.25. The van der Waals surface area contributed by atoms with Crippen LogP contribution in [0.25, 0.3) is 11.1 Å². The first-order valence-electron chi connectivity index (χ1n) is 4.14. The van der Waals surface area contributed by atoms with E-state index in [4.69, 9.17) is 4.74 Å². The third kappa shape index (κ3) is 1.65. The van der Waals surface area contributed by atoms with E-state index < -0.39 is 0 Å². The van der Waals surface area contributed by atoms with Gasteiger partial charge in [-0.15, -0.1) is 0 Å². The van der Waals surface area contributed by atoms with Crippen molar-refractivity contribution in [2.24, 2.45) is 0 Å². The molecule has 0 aliphatic rings. The molecule has 72 valence electrons. The van der Waals surface area contributed by atoms with Gasteiger partial charge in [-0.2, -0.15) is 5.10 Å². The molecular weight excluding hydrogens is 244 g/mol. The summed E-state index contributed by atoms with van der Waals surface area (Å²) in [6.07, 6.45) is 3.63. The molecule has 2 rings (SSSR count). The monoisotopic (exact) mass is 252 g/mol. The van der Waals surface area contributed by atoms with E-state index in [2.05, 4.69) is 26.1 Å². The first-order chi connectivity index (χ1) is 6.81. The summed E-state index contributed by atoms with van der Waals surface area (Å²) in [6.45, 7) is 0. The minimum atomic E-state index is 0.823. The Bertz CT molecular complexity index is 426. The molecule has 2 aromatic rings. The van der Waals surface area contributed by atoms with Crippen molar-refractivity contribution in [3.8, 4) is 16.9 Å². The first-order valence-corrected chi connectivity index (χ1v) is 4.93. The van der Waals surface area contributed by atoms with Crippen LogP contribution in [0.15, 0.2) is 35.1 Å². The van der Waals surface area contributed by atoms with Crippen LogP contribution in [0.1, 0.15) is 0 Å². The van der Waals surface area contributed by atoms with Gasteiger partial charge in [0.25, 0.3) is 0 Å². The van der Waals surface area contributed by atoms with Crippen LogP contribution in [0.5, 0.6) is 5.75 Å². The summed E-state index contributed by atoms with van der Waals surface area (Å²) in [5.41, 5.74) is 2.13. The van der Waals surface area contributed by atoms with Crippen molar-refractivity contribution in [2.75, 3.05) is 7.11 Å². The molecule has 1 N–H and O–H groups in total. The molecule has 4 heteroatoms. The second-order valence-electron chi connectivity index (χ2n) is 2.84. The number of H-pyrrole nitrogens is 1. The smallest absolute Gasteiger partial charge is 0.133 e. The Kier molecular flexibility index (Phi) is 2.54. The lowest BCUT2D eigenvalue weighted by Gasteiger charge is -2.04. The topological polar surface area (TPSA) is 37.9 Å². The summed E-state index contributed by atoms with van der Waals surface area (Å²) >= 11 is 3.41. The molecule has 1 heterocycles. The van der Waals surface area contributed by atoms with Gasteiger partial charge < -0.3 is 4.74 Å². The zero-order valence-corrected chi connectivity index (χ0v) is 9.21. The van der Waals surface area contributed by atoms with Crippen LogP contribution in [-0.2, 0) is 0 Å². The van der Waals surface area contributed by atoms with Crippen molar-refractivity contribution in [1.82, 2.24) is 10.2 Å². The maximum Gasteiger partial charge on any atom is 0.133 e. The number of hydrogen-bond donors (Lipinski definition) is 1. The predicted molar refractivity (Wildman–Crippen MR) is 58.3 cm³/mol. The van der Waals surface area contributed by atoms with Crippen LogP contribution in [-0.4, -0.2) is 17.3 Å². The zero-order chi connectivity index (χ0) is 9.97. The van der Waals surface area contributed by atoms with Crippen molar-refractivity contribution in [2.45, 2.75) is 0 Å². The molecule has 0 bridgehead atoms. The van der Waals surface area contributed by atoms with Gasteiger partial charge in [-0.3, -0.25) is 5.10 Å². The van der Waals surface area contributed by atoms with Gasteiger partial charge in [0, 0.05) is 11.8 Å². The van der Waals surface area contributed by atoms with Gasteiger partial charge in [-0.25, -0.2) is 0 Å². The number of halogens is 1. The number of benzene rings is 1. The van der Waals surface area contributed by atoms with Gasteiger partial charge in [0.15, 0.2) is 0 Å². The minimum Gasteiger partial charge on any atom is -0.496 e. The van der Waals surface area contributed by atoms with E-state index in [-0.39, 0.29) is 0 Å². The van der Waals surface area contributed by atoms with Crippen molar-refractivity contribution < 1.29 is 4.74 Å². The van der Waals surface area contributed by atoms with E-state index in [0.29, 0.717) is 0 Å². The van der Waals surface area contributed by atoms with E-state index in [9.17, 15) is 0 Å². The summed E-state index contributed by atoms with van der Waals surface area (Å²) < 4.78 is 6.16.